The molecule has 0 N–H and O–H groups in total. The third-order valence-corrected chi connectivity index (χ3v) is 6.01. The molecule has 162 valence electrons. The number of rotatable bonds is 9. The van der Waals surface area contributed by atoms with Crippen molar-refractivity contribution in [2.45, 2.75) is 38.0 Å². The van der Waals surface area contributed by atoms with Gasteiger partial charge < -0.3 is 4.74 Å². The van der Waals surface area contributed by atoms with Gasteiger partial charge in [0.1, 0.15) is 5.75 Å². The first-order chi connectivity index (χ1) is 15.0. The second-order valence-corrected chi connectivity index (χ2v) is 8.17. The van der Waals surface area contributed by atoms with E-state index in [1.54, 1.807) is 24.1 Å². The van der Waals surface area contributed by atoms with Crippen LogP contribution in [0.4, 0.5) is 5.69 Å². The minimum Gasteiger partial charge on any atom is -0.497 e. The van der Waals surface area contributed by atoms with Gasteiger partial charge in [-0.2, -0.15) is 5.10 Å². The number of carbonyl (C=O) groups excluding carboxylic acids is 1. The predicted octanol–water partition coefficient (Wildman–Crippen LogP) is 4.63. The number of ether oxygens (including phenoxy) is 1. The average molecular weight is 441 g/mol. The molecule has 1 amide bonds. The Morgan fingerprint density at radius 2 is 2.03 bits per heavy atom. The topological polar surface area (TPSA) is 97.4 Å². The number of nitrogens with zero attached hydrogens (tertiary/aromatic N) is 4. The molecule has 0 aromatic heterocycles. The fourth-order valence-corrected chi connectivity index (χ4v) is 4.22. The van der Waals surface area contributed by atoms with E-state index in [9.17, 15) is 14.9 Å². The maximum Gasteiger partial charge on any atom is 0.270 e. The van der Waals surface area contributed by atoms with Gasteiger partial charge in [0, 0.05) is 17.7 Å². The Morgan fingerprint density at radius 3 is 2.71 bits per heavy atom. The molecule has 0 spiro atoms. The van der Waals surface area contributed by atoms with Crippen LogP contribution in [0.25, 0.3) is 0 Å². The zero-order chi connectivity index (χ0) is 22.2. The molecule has 2 aromatic carbocycles. The second kappa shape index (κ2) is 10.7. The molecule has 0 aliphatic carbocycles. The molecule has 0 unspecified atom stereocenters. The van der Waals surface area contributed by atoms with E-state index in [-0.39, 0.29) is 16.8 Å². The molecule has 1 aliphatic rings. The zero-order valence-corrected chi connectivity index (χ0v) is 18.2. The lowest BCUT2D eigenvalue weighted by Gasteiger charge is -2.16. The lowest BCUT2D eigenvalue weighted by atomic mass is 10.1. The van der Waals surface area contributed by atoms with E-state index >= 15 is 0 Å². The number of benzene rings is 2. The molecule has 0 bridgehead atoms. The lowest BCUT2D eigenvalue weighted by molar-refractivity contribution is -0.384. The van der Waals surface area contributed by atoms with Crippen LogP contribution < -0.4 is 4.74 Å². The SMILES string of the molecule is CCCC[C@H]1S/C(=N/N=C\c2cccc([N+](=O)[O-])c2)N(Cc2ccc(OC)cc2)C1=O. The number of amides is 1. The van der Waals surface area contributed by atoms with Crippen molar-refractivity contribution < 1.29 is 14.5 Å². The Morgan fingerprint density at radius 1 is 1.26 bits per heavy atom. The number of nitro benzene ring substituents is 1. The van der Waals surface area contributed by atoms with Crippen LogP contribution in [0.5, 0.6) is 5.75 Å². The van der Waals surface area contributed by atoms with E-state index in [0.717, 1.165) is 30.6 Å². The van der Waals surface area contributed by atoms with Gasteiger partial charge in [0.15, 0.2) is 5.17 Å². The van der Waals surface area contributed by atoms with Crippen LogP contribution in [0.1, 0.15) is 37.3 Å². The fraction of sp³-hybridized carbons (Fsp3) is 0.318. The number of hydrogen-bond donors (Lipinski definition) is 0. The molecule has 9 heteroatoms. The van der Waals surface area contributed by atoms with Crippen molar-refractivity contribution >= 4 is 34.7 Å². The van der Waals surface area contributed by atoms with Crippen LogP contribution >= 0.6 is 11.8 Å². The Kier molecular flexibility index (Phi) is 7.77. The molecular weight excluding hydrogens is 416 g/mol. The van der Waals surface area contributed by atoms with Gasteiger partial charge in [-0.3, -0.25) is 19.8 Å². The van der Waals surface area contributed by atoms with Crippen LogP contribution in [0.3, 0.4) is 0 Å². The highest BCUT2D eigenvalue weighted by atomic mass is 32.2. The Balaban J connectivity index is 1.80. The summed E-state index contributed by atoms with van der Waals surface area (Å²) in [5, 5.41) is 19.7. The molecule has 31 heavy (non-hydrogen) atoms. The van der Waals surface area contributed by atoms with Crippen molar-refractivity contribution in [1.82, 2.24) is 4.90 Å². The third-order valence-electron chi connectivity index (χ3n) is 4.77. The summed E-state index contributed by atoms with van der Waals surface area (Å²) in [6.07, 6.45) is 4.22. The van der Waals surface area contributed by atoms with Gasteiger partial charge in [-0.1, -0.05) is 55.8 Å². The quantitative estimate of drug-likeness (QED) is 0.322. The van der Waals surface area contributed by atoms with Gasteiger partial charge in [0.05, 0.1) is 30.0 Å². The number of non-ortho nitro benzene ring substituents is 1. The molecule has 1 aliphatic heterocycles. The molecule has 0 radical (unpaired) electrons. The average Bonchev–Trinajstić information content (AvgIpc) is 3.07. The minimum atomic E-state index is -0.455. The van der Waals surface area contributed by atoms with Crippen LogP contribution in [-0.4, -0.2) is 39.5 Å². The highest BCUT2D eigenvalue weighted by molar-refractivity contribution is 8.15. The summed E-state index contributed by atoms with van der Waals surface area (Å²) < 4.78 is 5.19. The van der Waals surface area contributed by atoms with Crippen molar-refractivity contribution in [3.05, 3.63) is 69.8 Å². The Labute approximate surface area is 185 Å². The number of thioether (sulfide) groups is 1. The van der Waals surface area contributed by atoms with Gasteiger partial charge in [0.2, 0.25) is 5.91 Å². The number of amidine groups is 1. The molecular formula is C22H24N4O4S. The minimum absolute atomic E-state index is 0.0113. The van der Waals surface area contributed by atoms with E-state index < -0.39 is 4.92 Å². The van der Waals surface area contributed by atoms with E-state index in [0.29, 0.717) is 17.3 Å². The van der Waals surface area contributed by atoms with Crippen LogP contribution in [0, 0.1) is 10.1 Å². The third kappa shape index (κ3) is 5.91. The highest BCUT2D eigenvalue weighted by Gasteiger charge is 2.37. The summed E-state index contributed by atoms with van der Waals surface area (Å²) in [6, 6.07) is 13.7. The zero-order valence-electron chi connectivity index (χ0n) is 17.4. The number of unbranched alkanes of at least 4 members (excludes halogenated alkanes) is 1. The summed E-state index contributed by atoms with van der Waals surface area (Å²) >= 11 is 1.42. The van der Waals surface area contributed by atoms with E-state index in [4.69, 9.17) is 4.74 Å². The maximum atomic E-state index is 13.0. The van der Waals surface area contributed by atoms with Crippen molar-refractivity contribution in [3.8, 4) is 5.75 Å². The fourth-order valence-electron chi connectivity index (χ4n) is 3.08. The van der Waals surface area contributed by atoms with Crippen LogP contribution in [0.2, 0.25) is 0 Å². The van der Waals surface area contributed by atoms with Crippen molar-refractivity contribution in [3.63, 3.8) is 0 Å². The summed E-state index contributed by atoms with van der Waals surface area (Å²) in [6.45, 7) is 2.49. The number of hydrogen-bond acceptors (Lipinski definition) is 7. The normalized spacial score (nSPS) is 17.6. The Hall–Kier alpha value is -3.20. The van der Waals surface area contributed by atoms with Gasteiger partial charge in [-0.25, -0.2) is 0 Å². The van der Waals surface area contributed by atoms with E-state index in [2.05, 4.69) is 17.1 Å². The Bertz CT molecular complexity index is 991. The summed E-state index contributed by atoms with van der Waals surface area (Å²) in [4.78, 5) is 25.1. The van der Waals surface area contributed by atoms with E-state index in [1.807, 2.05) is 24.3 Å². The molecule has 0 saturated carbocycles. The first-order valence-electron chi connectivity index (χ1n) is 9.98. The highest BCUT2D eigenvalue weighted by Crippen LogP contribution is 2.32. The molecule has 1 heterocycles. The summed E-state index contributed by atoms with van der Waals surface area (Å²) in [7, 11) is 1.61. The number of methoxy groups -OCH3 is 1. The maximum absolute atomic E-state index is 13.0. The largest absolute Gasteiger partial charge is 0.497 e. The predicted molar refractivity (Wildman–Crippen MR) is 123 cm³/mol. The first kappa shape index (κ1) is 22.5. The van der Waals surface area contributed by atoms with Gasteiger partial charge in [0.25, 0.3) is 5.69 Å². The molecule has 8 nitrogen and oxygen atoms in total. The summed E-state index contributed by atoms with van der Waals surface area (Å²) in [5.74, 6) is 0.778. The molecule has 1 saturated heterocycles. The molecule has 1 atom stereocenters. The standard InChI is InChI=1S/C22H24N4O4S/c1-3-4-8-20-21(27)25(15-16-9-11-19(30-2)12-10-16)22(31-20)24-23-14-17-6-5-7-18(13-17)26(28)29/h5-7,9-14,20H,3-4,8,15H2,1-2H3/b23-14-,24-22+/t20-/m1/s1. The monoisotopic (exact) mass is 440 g/mol. The van der Waals surface area contributed by atoms with Gasteiger partial charge in [-0.05, 0) is 24.1 Å². The van der Waals surface area contributed by atoms with Crippen LogP contribution in [0.15, 0.2) is 58.7 Å². The number of carbonyl (C=O) groups is 1. The van der Waals surface area contributed by atoms with Crippen LogP contribution in [-0.2, 0) is 11.3 Å². The van der Waals surface area contributed by atoms with Gasteiger partial charge >= 0.3 is 0 Å². The first-order valence-corrected chi connectivity index (χ1v) is 10.9. The molecule has 3 rings (SSSR count). The smallest absolute Gasteiger partial charge is 0.270 e. The molecule has 2 aromatic rings. The lowest BCUT2D eigenvalue weighted by Crippen LogP contribution is -2.31. The molecule has 1 fully saturated rings. The summed E-state index contributed by atoms with van der Waals surface area (Å²) in [5.41, 5.74) is 1.51. The number of nitro groups is 1. The second-order valence-electron chi connectivity index (χ2n) is 7.00. The van der Waals surface area contributed by atoms with Crippen molar-refractivity contribution in [2.75, 3.05) is 7.11 Å². The van der Waals surface area contributed by atoms with Gasteiger partial charge in [-0.15, -0.1) is 5.10 Å². The van der Waals surface area contributed by atoms with Crippen molar-refractivity contribution in [2.24, 2.45) is 10.2 Å². The van der Waals surface area contributed by atoms with E-state index in [1.165, 1.54) is 30.1 Å². The van der Waals surface area contributed by atoms with Crippen molar-refractivity contribution in [1.29, 1.82) is 0 Å².